The van der Waals surface area contributed by atoms with Gasteiger partial charge in [0.2, 0.25) is 0 Å². The first-order valence-corrected chi connectivity index (χ1v) is 7.69. The Hall–Kier alpha value is -2.26. The van der Waals surface area contributed by atoms with Crippen LogP contribution >= 0.6 is 11.6 Å². The van der Waals surface area contributed by atoms with Crippen LogP contribution in [-0.2, 0) is 0 Å². The summed E-state index contributed by atoms with van der Waals surface area (Å²) in [7, 11) is 0. The number of nitrogens with one attached hydrogen (secondary N) is 1. The number of anilines is 1. The lowest BCUT2D eigenvalue weighted by atomic mass is 10.0. The van der Waals surface area contributed by atoms with Crippen LogP contribution < -0.4 is 5.32 Å². The Labute approximate surface area is 134 Å². The molecule has 1 aromatic heterocycles. The number of nitrogens with zero attached hydrogens (tertiary/aromatic N) is 2. The van der Waals surface area contributed by atoms with E-state index in [0.29, 0.717) is 0 Å². The van der Waals surface area contributed by atoms with E-state index in [2.05, 4.69) is 47.7 Å². The maximum absolute atomic E-state index is 6.17. The zero-order valence-corrected chi connectivity index (χ0v) is 13.2. The van der Waals surface area contributed by atoms with Gasteiger partial charge in [-0.15, -0.1) is 0 Å². The van der Waals surface area contributed by atoms with Gasteiger partial charge in [0.15, 0.2) is 0 Å². The first kappa shape index (κ1) is 13.4. The highest BCUT2D eigenvalue weighted by Gasteiger charge is 2.27. The standard InChI is InChI=1S/C18H16ClN3/c1-11-5-3-8-15-16-9-12(2)21-22(16)18(20-17(11)15)13-6-4-7-14(19)10-13/h3-10,18,20H,1-2H3/t18-/m1/s1. The van der Waals surface area contributed by atoms with E-state index in [4.69, 9.17) is 11.6 Å². The predicted molar refractivity (Wildman–Crippen MR) is 90.4 cm³/mol. The Kier molecular flexibility index (Phi) is 2.98. The van der Waals surface area contributed by atoms with Crippen LogP contribution in [0, 0.1) is 13.8 Å². The van der Waals surface area contributed by atoms with Crippen LogP contribution in [0.1, 0.15) is 23.0 Å². The van der Waals surface area contributed by atoms with Crippen LogP contribution in [0.3, 0.4) is 0 Å². The van der Waals surface area contributed by atoms with Gasteiger partial charge in [0, 0.05) is 16.3 Å². The molecule has 110 valence electrons. The van der Waals surface area contributed by atoms with E-state index in [1.54, 1.807) is 0 Å². The van der Waals surface area contributed by atoms with Crippen molar-refractivity contribution in [3.05, 3.63) is 70.4 Å². The van der Waals surface area contributed by atoms with Crippen molar-refractivity contribution in [1.82, 2.24) is 9.78 Å². The lowest BCUT2D eigenvalue weighted by molar-refractivity contribution is 0.570. The molecule has 4 heteroatoms. The zero-order chi connectivity index (χ0) is 15.3. The van der Waals surface area contributed by atoms with Gasteiger partial charge < -0.3 is 5.32 Å². The summed E-state index contributed by atoms with van der Waals surface area (Å²) in [6.07, 6.45) is -0.0454. The Morgan fingerprint density at radius 1 is 1.09 bits per heavy atom. The number of hydrogen-bond acceptors (Lipinski definition) is 2. The third kappa shape index (κ3) is 2.01. The molecule has 3 aromatic rings. The molecule has 0 spiro atoms. The van der Waals surface area contributed by atoms with E-state index in [-0.39, 0.29) is 6.17 Å². The van der Waals surface area contributed by atoms with Crippen LogP contribution in [0.5, 0.6) is 0 Å². The van der Waals surface area contributed by atoms with Crippen molar-refractivity contribution in [2.24, 2.45) is 0 Å². The Morgan fingerprint density at radius 3 is 2.73 bits per heavy atom. The number of rotatable bonds is 1. The summed E-state index contributed by atoms with van der Waals surface area (Å²) < 4.78 is 2.04. The number of aromatic nitrogens is 2. The summed E-state index contributed by atoms with van der Waals surface area (Å²) in [5, 5.41) is 9.03. The number of benzene rings is 2. The molecule has 0 radical (unpaired) electrons. The molecule has 0 saturated heterocycles. The minimum absolute atomic E-state index is 0.0454. The maximum atomic E-state index is 6.17. The number of halogens is 1. The highest BCUT2D eigenvalue weighted by Crippen LogP contribution is 2.40. The van der Waals surface area contributed by atoms with Gasteiger partial charge in [0.1, 0.15) is 6.17 Å². The molecule has 3 nitrogen and oxygen atoms in total. The van der Waals surface area contributed by atoms with Crippen molar-refractivity contribution >= 4 is 17.3 Å². The second-order valence-corrected chi connectivity index (χ2v) is 6.15. The molecule has 22 heavy (non-hydrogen) atoms. The van der Waals surface area contributed by atoms with Crippen molar-refractivity contribution < 1.29 is 0 Å². The lowest BCUT2D eigenvalue weighted by Crippen LogP contribution is -2.26. The molecule has 4 rings (SSSR count). The molecule has 1 aliphatic heterocycles. The second-order valence-electron chi connectivity index (χ2n) is 5.71. The SMILES string of the molecule is Cc1cc2n(n1)[C@H](c1cccc(Cl)c1)Nc1c(C)cccc1-2. The van der Waals surface area contributed by atoms with Crippen LogP contribution in [0.4, 0.5) is 5.69 Å². The van der Waals surface area contributed by atoms with E-state index in [0.717, 1.165) is 22.0 Å². The molecule has 1 N–H and O–H groups in total. The van der Waals surface area contributed by atoms with Gasteiger partial charge in [-0.1, -0.05) is 41.9 Å². The number of fused-ring (bicyclic) bond motifs is 3. The van der Waals surface area contributed by atoms with Crippen LogP contribution in [-0.4, -0.2) is 9.78 Å². The van der Waals surface area contributed by atoms with Gasteiger partial charge in [0.25, 0.3) is 0 Å². The summed E-state index contributed by atoms with van der Waals surface area (Å²) in [4.78, 5) is 0. The van der Waals surface area contributed by atoms with Gasteiger partial charge >= 0.3 is 0 Å². The Morgan fingerprint density at radius 2 is 1.91 bits per heavy atom. The molecule has 1 aliphatic rings. The lowest BCUT2D eigenvalue weighted by Gasteiger charge is -2.30. The number of para-hydroxylation sites is 1. The minimum Gasteiger partial charge on any atom is -0.359 e. The third-order valence-corrected chi connectivity index (χ3v) is 4.33. The molecule has 2 aromatic carbocycles. The normalized spacial score (nSPS) is 15.9. The second kappa shape index (κ2) is 4.89. The highest BCUT2D eigenvalue weighted by molar-refractivity contribution is 6.30. The topological polar surface area (TPSA) is 29.9 Å². The van der Waals surface area contributed by atoms with Crippen molar-refractivity contribution in [1.29, 1.82) is 0 Å². The quantitative estimate of drug-likeness (QED) is 0.700. The summed E-state index contributed by atoms with van der Waals surface area (Å²) in [5.41, 5.74) is 6.84. The number of hydrogen-bond donors (Lipinski definition) is 1. The average molecular weight is 310 g/mol. The molecule has 0 fully saturated rings. The van der Waals surface area contributed by atoms with Crippen LogP contribution in [0.15, 0.2) is 48.5 Å². The van der Waals surface area contributed by atoms with Crippen molar-refractivity contribution in [2.45, 2.75) is 20.0 Å². The Balaban J connectivity index is 1.94. The fraction of sp³-hybridized carbons (Fsp3) is 0.167. The Bertz CT molecular complexity index is 867. The van der Waals surface area contributed by atoms with Gasteiger partial charge in [-0.2, -0.15) is 5.10 Å². The van der Waals surface area contributed by atoms with E-state index in [1.807, 2.05) is 29.8 Å². The molecular weight excluding hydrogens is 294 g/mol. The molecule has 1 atom stereocenters. The summed E-state index contributed by atoms with van der Waals surface area (Å²) >= 11 is 6.17. The average Bonchev–Trinajstić information content (AvgIpc) is 2.88. The first-order chi connectivity index (χ1) is 10.6. The summed E-state index contributed by atoms with van der Waals surface area (Å²) in [6.45, 7) is 4.15. The maximum Gasteiger partial charge on any atom is 0.147 e. The molecule has 0 amide bonds. The van der Waals surface area contributed by atoms with E-state index < -0.39 is 0 Å². The van der Waals surface area contributed by atoms with Crippen molar-refractivity contribution in [2.75, 3.05) is 5.32 Å². The highest BCUT2D eigenvalue weighted by atomic mass is 35.5. The summed E-state index contributed by atoms with van der Waals surface area (Å²) in [5.74, 6) is 0. The summed E-state index contributed by atoms with van der Waals surface area (Å²) in [6, 6.07) is 16.4. The number of aryl methyl sites for hydroxylation is 2. The largest absolute Gasteiger partial charge is 0.359 e. The molecular formula is C18H16ClN3. The van der Waals surface area contributed by atoms with E-state index >= 15 is 0 Å². The molecule has 0 saturated carbocycles. The van der Waals surface area contributed by atoms with E-state index in [1.165, 1.54) is 16.8 Å². The van der Waals surface area contributed by atoms with Crippen LogP contribution in [0.25, 0.3) is 11.3 Å². The predicted octanol–water partition coefficient (Wildman–Crippen LogP) is 4.79. The molecule has 2 heterocycles. The van der Waals surface area contributed by atoms with Crippen molar-refractivity contribution in [3.63, 3.8) is 0 Å². The van der Waals surface area contributed by atoms with Gasteiger partial charge in [-0.05, 0) is 43.2 Å². The van der Waals surface area contributed by atoms with Gasteiger partial charge in [0.05, 0.1) is 11.4 Å². The van der Waals surface area contributed by atoms with Crippen molar-refractivity contribution in [3.8, 4) is 11.3 Å². The van der Waals surface area contributed by atoms with Gasteiger partial charge in [-0.3, -0.25) is 0 Å². The third-order valence-electron chi connectivity index (χ3n) is 4.10. The zero-order valence-electron chi connectivity index (χ0n) is 12.5. The molecule has 0 unspecified atom stereocenters. The fourth-order valence-corrected chi connectivity index (χ4v) is 3.29. The monoisotopic (exact) mass is 309 g/mol. The first-order valence-electron chi connectivity index (χ1n) is 7.31. The van der Waals surface area contributed by atoms with Crippen LogP contribution in [0.2, 0.25) is 5.02 Å². The molecule has 0 aliphatic carbocycles. The minimum atomic E-state index is -0.0454. The fourth-order valence-electron chi connectivity index (χ4n) is 3.09. The van der Waals surface area contributed by atoms with Gasteiger partial charge in [-0.25, -0.2) is 4.68 Å². The van der Waals surface area contributed by atoms with E-state index in [9.17, 15) is 0 Å². The molecule has 0 bridgehead atoms. The smallest absolute Gasteiger partial charge is 0.147 e.